The highest BCUT2D eigenvalue weighted by Crippen LogP contribution is 2.80. The van der Waals surface area contributed by atoms with Crippen LogP contribution in [0.25, 0.3) is 0 Å². The highest BCUT2D eigenvalue weighted by Gasteiger charge is 2.71. The fraction of sp³-hybridized carbons (Fsp3) is 1.00. The molecule has 0 aromatic carbocycles. The van der Waals surface area contributed by atoms with Crippen LogP contribution in [-0.2, 0) is 0 Å². The average Bonchev–Trinajstić information content (AvgIpc) is 1.55. The van der Waals surface area contributed by atoms with Crippen molar-refractivity contribution in [3.05, 3.63) is 0 Å². The monoisotopic (exact) mass is 1780 g/mol. The number of hydrogen-bond donors (Lipinski definition) is 0. The molecule has 24 bridgehead atoms. The Morgan fingerprint density at radius 1 is 0.194 bits per heavy atom. The van der Waals surface area contributed by atoms with Gasteiger partial charge in [-0.05, 0) is 487 Å². The minimum atomic E-state index is 0.578. The Hall–Kier alpha value is 0. The van der Waals surface area contributed by atoms with E-state index in [4.69, 9.17) is 0 Å². The first kappa shape index (κ1) is 103. The molecule has 25 aliphatic carbocycles. The van der Waals surface area contributed by atoms with E-state index in [0.717, 1.165) is 139 Å². The van der Waals surface area contributed by atoms with Crippen molar-refractivity contribution in [2.24, 2.45) is 250 Å². The van der Waals surface area contributed by atoms with Crippen molar-refractivity contribution in [2.45, 2.75) is 564 Å². The first-order chi connectivity index (χ1) is 59.6. The summed E-state index contributed by atoms with van der Waals surface area (Å²) >= 11 is 0. The van der Waals surface area contributed by atoms with Gasteiger partial charge in [0.25, 0.3) is 0 Å². The van der Waals surface area contributed by atoms with Crippen molar-refractivity contribution in [3.63, 3.8) is 0 Å². The molecule has 35 atom stereocenters. The highest BCUT2D eigenvalue weighted by molar-refractivity contribution is 5.20. The third-order valence-electron chi connectivity index (χ3n) is 58.1. The van der Waals surface area contributed by atoms with Crippen molar-refractivity contribution in [1.82, 2.24) is 0 Å². The summed E-state index contributed by atoms with van der Waals surface area (Å²) in [6, 6.07) is 0. The molecule has 0 saturated heterocycles. The largest absolute Gasteiger partial charge is 0.0649 e. The van der Waals surface area contributed by atoms with E-state index >= 15 is 0 Å². The molecule has 0 N–H and O–H groups in total. The Morgan fingerprint density at radius 2 is 0.481 bits per heavy atom. The Morgan fingerprint density at radius 3 is 0.713 bits per heavy atom. The fourth-order valence-corrected chi connectivity index (χ4v) is 44.5. The van der Waals surface area contributed by atoms with E-state index < -0.39 is 0 Å². The molecule has 0 spiro atoms. The van der Waals surface area contributed by atoms with Crippen LogP contribution in [0.3, 0.4) is 0 Å². The molecule has 0 aromatic heterocycles. The molecule has 25 rings (SSSR count). The van der Waals surface area contributed by atoms with E-state index in [2.05, 4.69) is 256 Å². The summed E-state index contributed by atoms with van der Waals surface area (Å²) in [4.78, 5) is 0. The molecular formula is C129H230. The quantitative estimate of drug-likeness (QED) is 0.223. The minimum absolute atomic E-state index is 0.578. The molecule has 746 valence electrons. The third-order valence-corrected chi connectivity index (χ3v) is 58.1. The van der Waals surface area contributed by atoms with Crippen LogP contribution in [-0.4, -0.2) is 0 Å². The van der Waals surface area contributed by atoms with Gasteiger partial charge in [0.15, 0.2) is 0 Å². The molecule has 0 heteroatoms. The van der Waals surface area contributed by atoms with Crippen molar-refractivity contribution in [3.8, 4) is 0 Å². The van der Waals surface area contributed by atoms with Gasteiger partial charge in [-0.25, -0.2) is 0 Å². The van der Waals surface area contributed by atoms with Gasteiger partial charge in [-0.1, -0.05) is 327 Å². The van der Waals surface area contributed by atoms with Gasteiger partial charge < -0.3 is 0 Å². The van der Waals surface area contributed by atoms with Crippen LogP contribution in [0.2, 0.25) is 0 Å². The average molecular weight is 1780 g/mol. The lowest BCUT2D eigenvalue weighted by Gasteiger charge is -2.52. The van der Waals surface area contributed by atoms with Gasteiger partial charge in [0.1, 0.15) is 0 Å². The zero-order valence-corrected chi connectivity index (χ0v) is 94.7. The number of rotatable bonds is 7. The molecule has 0 radical (unpaired) electrons. The Bertz CT molecular complexity index is 3480. The van der Waals surface area contributed by atoms with Gasteiger partial charge in [0.05, 0.1) is 0 Å². The molecule has 0 nitrogen and oxygen atoms in total. The van der Waals surface area contributed by atoms with Crippen molar-refractivity contribution >= 4 is 0 Å². The van der Waals surface area contributed by atoms with Gasteiger partial charge in [-0.15, -0.1) is 0 Å². The summed E-state index contributed by atoms with van der Waals surface area (Å²) in [5.74, 6) is 25.5. The predicted octanol–water partition coefficient (Wildman–Crippen LogP) is 40.5. The second kappa shape index (κ2) is 35.0. The lowest BCUT2D eigenvalue weighted by Crippen LogP contribution is -2.44. The standard InChI is InChI=1S/C15H24.C13H22.C13H24.4C12H22.4C10H18/c1-3-15(2)8-11-7-12(15)14-10-5-4-9(6-10)13(11)14;1-3-13(2)8-9-7-12(13)11-6-4-5-10(9)11;1-6-13(5)11(2,3)10-7-8-12(13,4)9-10;4*1-10(2)8-9-6-7-12(10,5)11(9,3)4;4*1-3-10(2)7-8-4-5-9(10)6-8/h9-14H,3-8H2,1-2H3;9-12H,3-8H2,1-2H3;10H,6-9H2,1-5H3;4*9H,6-8H2,1-5H3;4*8-9H,3-7H2,1-2H3. The first-order valence-electron chi connectivity index (χ1n) is 59.6. The summed E-state index contributed by atoms with van der Waals surface area (Å²) in [5.41, 5.74) is 13.4. The molecule has 25 fully saturated rings. The van der Waals surface area contributed by atoms with Crippen molar-refractivity contribution in [2.75, 3.05) is 0 Å². The summed E-state index contributed by atoms with van der Waals surface area (Å²) in [5, 5.41) is 0. The summed E-state index contributed by atoms with van der Waals surface area (Å²) in [7, 11) is 0. The molecule has 0 aromatic rings. The Kier molecular flexibility index (Phi) is 28.0. The summed E-state index contributed by atoms with van der Waals surface area (Å²) in [6.07, 6.45) is 72.4. The normalized spacial score (nSPS) is 53.0. The molecule has 0 amide bonds. The van der Waals surface area contributed by atoms with E-state index in [-0.39, 0.29) is 0 Å². The van der Waals surface area contributed by atoms with Gasteiger partial charge in [0, 0.05) is 0 Å². The second-order valence-corrected chi connectivity index (χ2v) is 63.6. The maximum Gasteiger partial charge on any atom is -0.0220 e. The van der Waals surface area contributed by atoms with Crippen LogP contribution >= 0.6 is 0 Å². The lowest BCUT2D eigenvalue weighted by atomic mass is 9.53. The number of hydrogen-bond acceptors (Lipinski definition) is 0. The van der Waals surface area contributed by atoms with Crippen LogP contribution in [0.1, 0.15) is 564 Å². The molecule has 129 heavy (non-hydrogen) atoms. The van der Waals surface area contributed by atoms with E-state index in [1.165, 1.54) is 222 Å². The molecule has 0 aliphatic heterocycles. The SMILES string of the molecule is CC1(C)CC2CCC1(C)C2(C)C.CC1(C)CC2CCC1(C)C2(C)C.CC1(C)CC2CCC1(C)C2(C)C.CC1(C)CC2CCC1(C)C2(C)C.CCC1(C)C2(C)CCC(C2)C1(C)C.CCC1(C)CC2CC1C1C3CCC(C3)C21.CCC1(C)CC2CC1C1CCCC21.CCC1(C)CC2CCC1C2.CCC1(C)CC2CCC1C2.CCC1(C)CC2CCC1C2.CCC1(C)CC2CCC1C2. The Balaban J connectivity index is 0.000000109. The fourth-order valence-electron chi connectivity index (χ4n) is 44.5. The maximum atomic E-state index is 2.60. The summed E-state index contributed by atoms with van der Waals surface area (Å²) < 4.78 is 0. The molecule has 25 aliphatic rings. The zero-order valence-electron chi connectivity index (χ0n) is 94.7. The predicted molar refractivity (Wildman–Crippen MR) is 563 cm³/mol. The maximum absolute atomic E-state index is 2.60. The van der Waals surface area contributed by atoms with Crippen LogP contribution in [0.4, 0.5) is 0 Å². The second-order valence-electron chi connectivity index (χ2n) is 63.6. The Labute approximate surface area is 808 Å². The first-order valence-corrected chi connectivity index (χ1v) is 59.6. The minimum Gasteiger partial charge on any atom is -0.0649 e. The van der Waals surface area contributed by atoms with Crippen LogP contribution in [0, 0.1) is 250 Å². The zero-order chi connectivity index (χ0) is 94.7. The van der Waals surface area contributed by atoms with Gasteiger partial charge >= 0.3 is 0 Å². The van der Waals surface area contributed by atoms with Crippen molar-refractivity contribution in [1.29, 1.82) is 0 Å². The topological polar surface area (TPSA) is 0 Å². The lowest BCUT2D eigenvalue weighted by molar-refractivity contribution is -0.0318. The van der Waals surface area contributed by atoms with Crippen LogP contribution in [0.15, 0.2) is 0 Å². The highest BCUT2D eigenvalue weighted by atomic mass is 14.8. The molecule has 0 heterocycles. The van der Waals surface area contributed by atoms with E-state index in [0.29, 0.717) is 81.2 Å². The van der Waals surface area contributed by atoms with E-state index in [1.54, 1.807) is 116 Å². The van der Waals surface area contributed by atoms with Crippen LogP contribution < -0.4 is 0 Å². The summed E-state index contributed by atoms with van der Waals surface area (Å²) in [6.45, 7) is 91.6. The van der Waals surface area contributed by atoms with Gasteiger partial charge in [-0.3, -0.25) is 0 Å². The van der Waals surface area contributed by atoms with E-state index in [1.807, 2.05) is 0 Å². The number of fused-ring (bicyclic) bond motifs is 32. The van der Waals surface area contributed by atoms with Gasteiger partial charge in [-0.2, -0.15) is 0 Å². The van der Waals surface area contributed by atoms with Crippen molar-refractivity contribution < 1.29 is 0 Å². The third kappa shape index (κ3) is 16.3. The molecule has 35 unspecified atom stereocenters. The molecule has 25 saturated carbocycles. The smallest absolute Gasteiger partial charge is 0.0220 e. The van der Waals surface area contributed by atoms with Gasteiger partial charge in [0.2, 0.25) is 0 Å². The van der Waals surface area contributed by atoms with Crippen LogP contribution in [0.5, 0.6) is 0 Å². The molecular weight excluding hydrogens is 1550 g/mol. The van der Waals surface area contributed by atoms with E-state index in [9.17, 15) is 0 Å².